The molecule has 2 heterocycles. The molecule has 1 aromatic carbocycles. The molecular weight excluding hydrogens is 240 g/mol. The summed E-state index contributed by atoms with van der Waals surface area (Å²) >= 11 is 1.96. The maximum absolute atomic E-state index is 4.78. The molecule has 1 aliphatic rings. The largest absolute Gasteiger partial charge is 0.384 e. The van der Waals surface area contributed by atoms with Crippen molar-refractivity contribution in [2.75, 3.05) is 11.9 Å². The molecule has 0 aliphatic carbocycles. The Kier molecular flexibility index (Phi) is 3.16. The van der Waals surface area contributed by atoms with E-state index in [9.17, 15) is 0 Å². The third kappa shape index (κ3) is 2.07. The highest BCUT2D eigenvalue weighted by Gasteiger charge is 2.19. The average Bonchev–Trinajstić information content (AvgIpc) is 2.82. The summed E-state index contributed by atoms with van der Waals surface area (Å²) in [7, 11) is 0. The summed E-state index contributed by atoms with van der Waals surface area (Å²) < 4.78 is 0. The fourth-order valence-corrected chi connectivity index (χ4v) is 3.38. The Morgan fingerprint density at radius 1 is 1.28 bits per heavy atom. The minimum atomic E-state index is 0.654. The van der Waals surface area contributed by atoms with Crippen LogP contribution in [0.5, 0.6) is 0 Å². The average molecular weight is 258 g/mol. The number of hydrogen-bond donors (Lipinski definition) is 1. The topological polar surface area (TPSA) is 24.9 Å². The van der Waals surface area contributed by atoms with Crippen LogP contribution in [0.3, 0.4) is 0 Å². The minimum absolute atomic E-state index is 0.654. The number of pyridine rings is 1. The zero-order valence-electron chi connectivity index (χ0n) is 10.9. The van der Waals surface area contributed by atoms with E-state index in [1.54, 1.807) is 0 Å². The molecular formula is C15H18N2S. The van der Waals surface area contributed by atoms with Crippen LogP contribution in [0.15, 0.2) is 24.3 Å². The first-order chi connectivity index (χ1) is 8.75. The Labute approximate surface area is 112 Å². The molecule has 0 spiro atoms. The summed E-state index contributed by atoms with van der Waals surface area (Å²) in [5.74, 6) is 2.80. The summed E-state index contributed by atoms with van der Waals surface area (Å²) in [6.07, 6.45) is 0. The predicted octanol–water partition coefficient (Wildman–Crippen LogP) is 4.05. The Balaban J connectivity index is 2.13. The molecule has 0 saturated carbocycles. The van der Waals surface area contributed by atoms with Gasteiger partial charge in [-0.25, -0.2) is 0 Å². The number of para-hydroxylation sites is 1. The van der Waals surface area contributed by atoms with Crippen molar-refractivity contribution in [2.45, 2.75) is 25.4 Å². The fraction of sp³-hybridized carbons (Fsp3) is 0.400. The molecule has 18 heavy (non-hydrogen) atoms. The van der Waals surface area contributed by atoms with E-state index in [0.717, 1.165) is 23.6 Å². The third-order valence-corrected chi connectivity index (χ3v) is 4.22. The van der Waals surface area contributed by atoms with Crippen LogP contribution in [0, 0.1) is 5.92 Å². The number of anilines is 1. The first-order valence-corrected chi connectivity index (χ1v) is 7.63. The van der Waals surface area contributed by atoms with Gasteiger partial charge in [-0.3, -0.25) is 4.98 Å². The van der Waals surface area contributed by atoms with E-state index in [-0.39, 0.29) is 0 Å². The van der Waals surface area contributed by atoms with Gasteiger partial charge in [-0.15, -0.1) is 0 Å². The summed E-state index contributed by atoms with van der Waals surface area (Å²) in [5, 5.41) is 4.90. The number of nitrogens with one attached hydrogen (secondary N) is 1. The minimum Gasteiger partial charge on any atom is -0.384 e. The highest BCUT2D eigenvalue weighted by Crippen LogP contribution is 2.38. The van der Waals surface area contributed by atoms with Crippen LogP contribution >= 0.6 is 11.8 Å². The van der Waals surface area contributed by atoms with E-state index in [2.05, 4.69) is 43.4 Å². The fourth-order valence-electron chi connectivity index (χ4n) is 2.34. The van der Waals surface area contributed by atoms with Crippen LogP contribution in [-0.2, 0) is 11.5 Å². The molecule has 1 aliphatic heterocycles. The standard InChI is InChI=1S/C15H18N2S/c1-10(2)7-16-15-11-5-3-4-6-13(11)17-14-9-18-8-12(14)15/h3-6,10H,7-9H2,1-2H3,(H,16,17). The Morgan fingerprint density at radius 3 is 2.94 bits per heavy atom. The molecule has 2 nitrogen and oxygen atoms in total. The molecule has 94 valence electrons. The van der Waals surface area contributed by atoms with Crippen LogP contribution in [-0.4, -0.2) is 11.5 Å². The van der Waals surface area contributed by atoms with E-state index < -0.39 is 0 Å². The Morgan fingerprint density at radius 2 is 2.11 bits per heavy atom. The second-order valence-corrected chi connectivity index (χ2v) is 6.18. The third-order valence-electron chi connectivity index (χ3n) is 3.25. The van der Waals surface area contributed by atoms with Crippen molar-refractivity contribution in [3.63, 3.8) is 0 Å². The van der Waals surface area contributed by atoms with Crippen molar-refractivity contribution < 1.29 is 0 Å². The molecule has 1 aromatic heterocycles. The van der Waals surface area contributed by atoms with Gasteiger partial charge in [0.15, 0.2) is 0 Å². The predicted molar refractivity (Wildman–Crippen MR) is 80.1 cm³/mol. The van der Waals surface area contributed by atoms with Gasteiger partial charge in [-0.2, -0.15) is 11.8 Å². The smallest absolute Gasteiger partial charge is 0.0726 e. The van der Waals surface area contributed by atoms with Crippen LogP contribution in [0.4, 0.5) is 5.69 Å². The lowest BCUT2D eigenvalue weighted by Gasteiger charge is -2.15. The van der Waals surface area contributed by atoms with Crippen molar-refractivity contribution in [1.29, 1.82) is 0 Å². The molecule has 2 aromatic rings. The number of rotatable bonds is 3. The van der Waals surface area contributed by atoms with Gasteiger partial charge in [-0.05, 0) is 12.0 Å². The normalized spacial score (nSPS) is 14.2. The van der Waals surface area contributed by atoms with Crippen molar-refractivity contribution in [3.05, 3.63) is 35.5 Å². The lowest BCUT2D eigenvalue weighted by atomic mass is 10.1. The molecule has 0 unspecified atom stereocenters. The first-order valence-electron chi connectivity index (χ1n) is 6.48. The van der Waals surface area contributed by atoms with Gasteiger partial charge in [0.2, 0.25) is 0 Å². The second-order valence-electron chi connectivity index (χ2n) is 5.20. The summed E-state index contributed by atoms with van der Waals surface area (Å²) in [6, 6.07) is 8.45. The molecule has 0 bridgehead atoms. The molecule has 0 atom stereocenters. The molecule has 0 radical (unpaired) electrons. The molecule has 0 saturated heterocycles. The van der Waals surface area contributed by atoms with Crippen LogP contribution < -0.4 is 5.32 Å². The van der Waals surface area contributed by atoms with E-state index >= 15 is 0 Å². The summed E-state index contributed by atoms with van der Waals surface area (Å²) in [5.41, 5.74) is 5.11. The number of hydrogen-bond acceptors (Lipinski definition) is 3. The van der Waals surface area contributed by atoms with Gasteiger partial charge < -0.3 is 5.32 Å². The Bertz CT molecular complexity index is 578. The molecule has 3 heteroatoms. The van der Waals surface area contributed by atoms with Gasteiger partial charge in [0, 0.05) is 34.7 Å². The van der Waals surface area contributed by atoms with Crippen LogP contribution in [0.25, 0.3) is 10.9 Å². The maximum atomic E-state index is 4.78. The molecule has 0 amide bonds. The SMILES string of the molecule is CC(C)CNc1c2c(nc3ccccc13)CSC2. The van der Waals surface area contributed by atoms with Crippen molar-refractivity contribution in [2.24, 2.45) is 5.92 Å². The lowest BCUT2D eigenvalue weighted by molar-refractivity contribution is 0.689. The van der Waals surface area contributed by atoms with Crippen LogP contribution in [0.2, 0.25) is 0 Å². The summed E-state index contributed by atoms with van der Waals surface area (Å²) in [4.78, 5) is 4.78. The number of thioether (sulfide) groups is 1. The van der Waals surface area contributed by atoms with E-state index in [4.69, 9.17) is 4.98 Å². The van der Waals surface area contributed by atoms with Gasteiger partial charge >= 0.3 is 0 Å². The van der Waals surface area contributed by atoms with E-state index in [1.165, 1.54) is 22.3 Å². The van der Waals surface area contributed by atoms with Crippen molar-refractivity contribution in [1.82, 2.24) is 4.98 Å². The highest BCUT2D eigenvalue weighted by molar-refractivity contribution is 7.98. The number of fused-ring (bicyclic) bond motifs is 2. The summed E-state index contributed by atoms with van der Waals surface area (Å²) in [6.45, 7) is 5.50. The molecule has 0 fully saturated rings. The zero-order valence-corrected chi connectivity index (χ0v) is 11.7. The van der Waals surface area contributed by atoms with Crippen LogP contribution in [0.1, 0.15) is 25.1 Å². The van der Waals surface area contributed by atoms with Gasteiger partial charge in [-0.1, -0.05) is 32.0 Å². The molecule has 3 rings (SSSR count). The van der Waals surface area contributed by atoms with Crippen molar-refractivity contribution in [3.8, 4) is 0 Å². The van der Waals surface area contributed by atoms with E-state index in [0.29, 0.717) is 5.92 Å². The second kappa shape index (κ2) is 4.81. The Hall–Kier alpha value is -1.22. The maximum Gasteiger partial charge on any atom is 0.0726 e. The van der Waals surface area contributed by atoms with Gasteiger partial charge in [0.1, 0.15) is 0 Å². The quantitative estimate of drug-likeness (QED) is 0.899. The van der Waals surface area contributed by atoms with E-state index in [1.807, 2.05) is 11.8 Å². The lowest BCUT2D eigenvalue weighted by Crippen LogP contribution is -2.10. The monoisotopic (exact) mass is 258 g/mol. The number of benzene rings is 1. The zero-order chi connectivity index (χ0) is 12.5. The van der Waals surface area contributed by atoms with Gasteiger partial charge in [0.05, 0.1) is 11.2 Å². The number of aromatic nitrogens is 1. The van der Waals surface area contributed by atoms with Gasteiger partial charge in [0.25, 0.3) is 0 Å². The number of nitrogens with zero attached hydrogens (tertiary/aromatic N) is 1. The van der Waals surface area contributed by atoms with Crippen molar-refractivity contribution >= 4 is 28.4 Å². The molecule has 1 N–H and O–H groups in total. The highest BCUT2D eigenvalue weighted by atomic mass is 32.2. The first kappa shape index (κ1) is 11.8.